The first-order valence-electron chi connectivity index (χ1n) is 8.30. The monoisotopic (exact) mass is 337 g/mol. The predicted molar refractivity (Wildman–Crippen MR) is 92.8 cm³/mol. The summed E-state index contributed by atoms with van der Waals surface area (Å²) in [7, 11) is 11.5. The maximum atomic E-state index is 12.1. The molecule has 3 unspecified atom stereocenters. The van der Waals surface area contributed by atoms with Gasteiger partial charge in [-0.3, -0.25) is 4.79 Å². The zero-order valence-corrected chi connectivity index (χ0v) is 14.2. The van der Waals surface area contributed by atoms with E-state index < -0.39 is 30.4 Å². The maximum Gasteiger partial charge on any atom is 0.153 e. The van der Waals surface area contributed by atoms with Crippen LogP contribution in [-0.2, 0) is 9.53 Å². The van der Waals surface area contributed by atoms with Crippen LogP contribution < -0.4 is 5.73 Å². The molecule has 2 fully saturated rings. The number of rotatable bonds is 8. The average molecular weight is 337 g/mol. The van der Waals surface area contributed by atoms with Crippen LogP contribution in [0.2, 0.25) is 6.32 Å². The molecule has 8 heteroatoms. The molecule has 0 spiro atoms. The Hall–Kier alpha value is -0.0101. The third kappa shape index (κ3) is 5.23. The zero-order valence-electron chi connectivity index (χ0n) is 13.3. The molecule has 0 bridgehead atoms. The highest BCUT2D eigenvalue weighted by Crippen LogP contribution is 2.30. The Balaban J connectivity index is 1.77. The number of aliphatic hydroxyl groups is 2. The minimum atomic E-state index is -0.848. The largest absolute Gasteiger partial charge is 0.391 e. The SMILES string of the molecule is [B]CC(C[C@H]1O[C@H]([B])C(O)C[C@@H]1O)SCC(N)C(=O)C1CCC1. The van der Waals surface area contributed by atoms with Crippen molar-refractivity contribution in [2.45, 2.75) is 74.0 Å². The summed E-state index contributed by atoms with van der Waals surface area (Å²) in [5.74, 6) is 0.817. The molecule has 1 saturated carbocycles. The second-order valence-corrected chi connectivity index (χ2v) is 7.91. The Kier molecular flexibility index (Phi) is 7.48. The van der Waals surface area contributed by atoms with Gasteiger partial charge < -0.3 is 20.7 Å². The van der Waals surface area contributed by atoms with Crippen molar-refractivity contribution in [3.63, 3.8) is 0 Å². The quantitative estimate of drug-likeness (QED) is 0.530. The summed E-state index contributed by atoms with van der Waals surface area (Å²) in [5.41, 5.74) is 5.99. The molecule has 1 saturated heterocycles. The Labute approximate surface area is 144 Å². The van der Waals surface area contributed by atoms with Crippen LogP contribution in [0.5, 0.6) is 0 Å². The molecule has 23 heavy (non-hydrogen) atoms. The van der Waals surface area contributed by atoms with Crippen LogP contribution >= 0.6 is 11.8 Å². The molecule has 0 aromatic rings. The van der Waals surface area contributed by atoms with Crippen molar-refractivity contribution in [3.8, 4) is 0 Å². The minimum absolute atomic E-state index is 0.0253. The van der Waals surface area contributed by atoms with Gasteiger partial charge in [0.25, 0.3) is 0 Å². The van der Waals surface area contributed by atoms with Crippen LogP contribution in [0, 0.1) is 5.92 Å². The van der Waals surface area contributed by atoms with E-state index in [1.165, 1.54) is 0 Å². The van der Waals surface area contributed by atoms with E-state index in [0.717, 1.165) is 19.3 Å². The number of thioether (sulfide) groups is 1. The molecule has 126 valence electrons. The van der Waals surface area contributed by atoms with Gasteiger partial charge in [0.05, 0.1) is 32.2 Å². The van der Waals surface area contributed by atoms with Crippen LogP contribution in [-0.4, -0.2) is 73.0 Å². The van der Waals surface area contributed by atoms with E-state index in [1.54, 1.807) is 11.8 Å². The molecule has 2 aliphatic rings. The lowest BCUT2D eigenvalue weighted by Crippen LogP contribution is -2.48. The van der Waals surface area contributed by atoms with Crippen LogP contribution in [0.4, 0.5) is 0 Å². The van der Waals surface area contributed by atoms with E-state index in [9.17, 15) is 15.0 Å². The molecule has 2 rings (SSSR count). The van der Waals surface area contributed by atoms with Crippen LogP contribution in [0.25, 0.3) is 0 Å². The molecular weight excluding hydrogens is 312 g/mol. The molecule has 6 atom stereocenters. The van der Waals surface area contributed by atoms with E-state index in [1.807, 2.05) is 0 Å². The van der Waals surface area contributed by atoms with Gasteiger partial charge in [0, 0.05) is 24.1 Å². The summed E-state index contributed by atoms with van der Waals surface area (Å²) >= 11 is 1.54. The summed E-state index contributed by atoms with van der Waals surface area (Å²) in [6, 6.07) is -1.24. The van der Waals surface area contributed by atoms with Gasteiger partial charge in [-0.25, -0.2) is 0 Å². The first kappa shape index (κ1) is 19.3. The van der Waals surface area contributed by atoms with Crippen LogP contribution in [0.15, 0.2) is 0 Å². The lowest BCUT2D eigenvalue weighted by atomic mass is 9.80. The highest BCUT2D eigenvalue weighted by atomic mass is 32.2. The fourth-order valence-electron chi connectivity index (χ4n) is 2.94. The highest BCUT2D eigenvalue weighted by molar-refractivity contribution is 8.00. The number of carbonyl (C=O) groups is 1. The number of hydrogen-bond acceptors (Lipinski definition) is 6. The minimum Gasteiger partial charge on any atom is -0.391 e. The molecule has 1 aliphatic carbocycles. The normalized spacial score (nSPS) is 34.6. The summed E-state index contributed by atoms with van der Waals surface area (Å²) < 4.78 is 5.47. The van der Waals surface area contributed by atoms with Gasteiger partial charge in [-0.05, 0) is 24.5 Å². The number of carbonyl (C=O) groups excluding carboxylic acids is 1. The predicted octanol–water partition coefficient (Wildman–Crippen LogP) is -0.233. The summed E-state index contributed by atoms with van der Waals surface area (Å²) in [6.45, 7) is 0. The van der Waals surface area contributed by atoms with Crippen molar-refractivity contribution >= 4 is 33.2 Å². The van der Waals surface area contributed by atoms with Crippen molar-refractivity contribution in [3.05, 3.63) is 0 Å². The van der Waals surface area contributed by atoms with Gasteiger partial charge in [-0.15, -0.1) is 0 Å². The molecule has 5 nitrogen and oxygen atoms in total. The molecule has 4 radical (unpaired) electrons. The van der Waals surface area contributed by atoms with Gasteiger partial charge in [-0.2, -0.15) is 11.8 Å². The Morgan fingerprint density at radius 3 is 2.61 bits per heavy atom. The van der Waals surface area contributed by atoms with Gasteiger partial charge in [-0.1, -0.05) is 12.7 Å². The number of ether oxygens (including phenoxy) is 1. The van der Waals surface area contributed by atoms with E-state index in [4.69, 9.17) is 26.2 Å². The average Bonchev–Trinajstić information content (AvgIpc) is 2.46. The number of Topliss-reactive ketones (excluding diaryl/α,β-unsaturated/α-hetero) is 1. The molecule has 1 heterocycles. The third-order valence-corrected chi connectivity index (χ3v) is 6.17. The van der Waals surface area contributed by atoms with E-state index in [-0.39, 0.29) is 23.4 Å². The van der Waals surface area contributed by atoms with E-state index in [0.29, 0.717) is 18.5 Å². The van der Waals surface area contributed by atoms with Crippen molar-refractivity contribution in [1.82, 2.24) is 0 Å². The van der Waals surface area contributed by atoms with Crippen molar-refractivity contribution in [2.75, 3.05) is 5.75 Å². The summed E-state index contributed by atoms with van der Waals surface area (Å²) in [6.07, 6.45) is 2.10. The first-order valence-corrected chi connectivity index (χ1v) is 9.35. The lowest BCUT2D eigenvalue weighted by Gasteiger charge is -2.37. The second kappa shape index (κ2) is 8.90. The lowest BCUT2D eigenvalue weighted by molar-refractivity contribution is -0.141. The second-order valence-electron chi connectivity index (χ2n) is 6.57. The van der Waals surface area contributed by atoms with Crippen molar-refractivity contribution < 1.29 is 19.7 Å². The molecule has 4 N–H and O–H groups in total. The fraction of sp³-hybridized carbons (Fsp3) is 0.933. The number of aliphatic hydroxyl groups excluding tert-OH is 2. The first-order chi connectivity index (χ1) is 10.9. The smallest absolute Gasteiger partial charge is 0.153 e. The number of ketones is 1. The molecule has 0 aromatic heterocycles. The Bertz CT molecular complexity index is 400. The van der Waals surface area contributed by atoms with Crippen molar-refractivity contribution in [1.29, 1.82) is 0 Å². The molecule has 0 aromatic carbocycles. The molecular formula is C15H25B2NO4S. The van der Waals surface area contributed by atoms with Gasteiger partial charge in [0.15, 0.2) is 5.78 Å². The molecule has 1 aliphatic heterocycles. The maximum absolute atomic E-state index is 12.1. The van der Waals surface area contributed by atoms with E-state index >= 15 is 0 Å². The summed E-state index contributed by atoms with van der Waals surface area (Å²) in [5, 5.41) is 19.6. The standard InChI is InChI=1S/C15H25B2NO4S/c16-6-9(4-13-11(19)5-12(20)15(17)22-13)23-7-10(18)14(21)8-2-1-3-8/h8-13,15,19-20H,1-7,18H2/t9?,10?,11-,12?,13+,15-/m0/s1. The van der Waals surface area contributed by atoms with Crippen LogP contribution in [0.3, 0.4) is 0 Å². The fourth-order valence-corrected chi connectivity index (χ4v) is 4.04. The van der Waals surface area contributed by atoms with Gasteiger partial charge >= 0.3 is 0 Å². The zero-order chi connectivity index (χ0) is 17.0. The van der Waals surface area contributed by atoms with E-state index in [2.05, 4.69) is 0 Å². The number of hydrogen-bond donors (Lipinski definition) is 3. The van der Waals surface area contributed by atoms with Gasteiger partial charge in [0.2, 0.25) is 0 Å². The third-order valence-electron chi connectivity index (χ3n) is 4.77. The van der Waals surface area contributed by atoms with Gasteiger partial charge in [0.1, 0.15) is 7.85 Å². The number of nitrogens with two attached hydrogens (primary N) is 1. The Morgan fingerprint density at radius 1 is 1.35 bits per heavy atom. The van der Waals surface area contributed by atoms with Crippen LogP contribution in [0.1, 0.15) is 32.1 Å². The van der Waals surface area contributed by atoms with Crippen molar-refractivity contribution in [2.24, 2.45) is 11.7 Å². The highest BCUT2D eigenvalue weighted by Gasteiger charge is 2.35. The topological polar surface area (TPSA) is 92.8 Å². The Morgan fingerprint density at radius 2 is 2.04 bits per heavy atom. The summed E-state index contributed by atoms with van der Waals surface area (Å²) in [4.78, 5) is 12.1. The molecule has 0 amide bonds.